The maximum absolute atomic E-state index is 11.7. The highest BCUT2D eigenvalue weighted by Gasteiger charge is 2.44. The average molecular weight is 291 g/mol. The van der Waals surface area contributed by atoms with E-state index in [2.05, 4.69) is 12.2 Å². The number of carbonyl (C=O) groups excluding carboxylic acids is 1. The van der Waals surface area contributed by atoms with Crippen molar-refractivity contribution in [2.24, 2.45) is 0 Å². The summed E-state index contributed by atoms with van der Waals surface area (Å²) in [5.41, 5.74) is 0. The first-order chi connectivity index (χ1) is 9.51. The number of carbonyl (C=O) groups is 1. The highest BCUT2D eigenvalue weighted by molar-refractivity contribution is 5.76. The van der Waals surface area contributed by atoms with Crippen molar-refractivity contribution in [3.05, 3.63) is 0 Å². The molecule has 0 aromatic rings. The van der Waals surface area contributed by atoms with E-state index in [1.807, 2.05) is 0 Å². The monoisotopic (exact) mass is 291 g/mol. The highest BCUT2D eigenvalue weighted by Crippen LogP contribution is 2.19. The predicted octanol–water partition coefficient (Wildman–Crippen LogP) is -1.13. The molecule has 0 spiro atoms. The Morgan fingerprint density at radius 3 is 2.45 bits per heavy atom. The van der Waals surface area contributed by atoms with Gasteiger partial charge in [0.2, 0.25) is 5.91 Å². The Balaban J connectivity index is 2.43. The predicted molar refractivity (Wildman–Crippen MR) is 70.7 cm³/mol. The lowest BCUT2D eigenvalue weighted by atomic mass is 9.97. The van der Waals surface area contributed by atoms with Crippen molar-refractivity contribution in [3.63, 3.8) is 0 Å². The van der Waals surface area contributed by atoms with Crippen LogP contribution in [0.5, 0.6) is 0 Å². The summed E-state index contributed by atoms with van der Waals surface area (Å²) in [4.78, 5) is 11.7. The number of unbranched alkanes of at least 4 members (excludes halogenated alkanes) is 3. The van der Waals surface area contributed by atoms with Gasteiger partial charge in [-0.3, -0.25) is 4.79 Å². The molecular weight excluding hydrogens is 266 g/mol. The van der Waals surface area contributed by atoms with Gasteiger partial charge in [-0.1, -0.05) is 26.2 Å². The first-order valence-corrected chi connectivity index (χ1v) is 7.11. The normalized spacial score (nSPS) is 34.0. The molecule has 0 saturated carbocycles. The van der Waals surface area contributed by atoms with Crippen molar-refractivity contribution in [2.75, 3.05) is 6.61 Å². The van der Waals surface area contributed by atoms with E-state index >= 15 is 0 Å². The maximum Gasteiger partial charge on any atom is 0.220 e. The van der Waals surface area contributed by atoms with Crippen LogP contribution in [-0.2, 0) is 9.53 Å². The van der Waals surface area contributed by atoms with Gasteiger partial charge in [-0.05, 0) is 6.42 Å². The number of hydrogen-bond donors (Lipinski definition) is 5. The van der Waals surface area contributed by atoms with E-state index in [0.29, 0.717) is 6.42 Å². The van der Waals surface area contributed by atoms with Crippen LogP contribution in [-0.4, -0.2) is 63.6 Å². The van der Waals surface area contributed by atoms with Crippen LogP contribution in [0.2, 0.25) is 0 Å². The summed E-state index contributed by atoms with van der Waals surface area (Å²) in [6.07, 6.45) is -1.12. The molecule has 0 bridgehead atoms. The Morgan fingerprint density at radius 2 is 1.85 bits per heavy atom. The second-order valence-corrected chi connectivity index (χ2v) is 5.13. The summed E-state index contributed by atoms with van der Waals surface area (Å²) in [6, 6.07) is -1.09. The minimum absolute atomic E-state index is 0.301. The minimum atomic E-state index is -1.45. The Kier molecular flexibility index (Phi) is 7.39. The van der Waals surface area contributed by atoms with E-state index in [0.717, 1.165) is 25.7 Å². The number of aliphatic hydroxyl groups is 4. The van der Waals surface area contributed by atoms with E-state index in [1.165, 1.54) is 0 Å². The first kappa shape index (κ1) is 17.3. The van der Waals surface area contributed by atoms with Gasteiger partial charge in [-0.25, -0.2) is 0 Å². The third kappa shape index (κ3) is 4.68. The van der Waals surface area contributed by atoms with Gasteiger partial charge in [0.25, 0.3) is 0 Å². The molecule has 1 fully saturated rings. The largest absolute Gasteiger partial charge is 0.394 e. The highest BCUT2D eigenvalue weighted by atomic mass is 16.6. The van der Waals surface area contributed by atoms with Crippen LogP contribution in [0, 0.1) is 0 Å². The molecule has 7 nitrogen and oxygen atoms in total. The van der Waals surface area contributed by atoms with E-state index in [1.54, 1.807) is 0 Å². The van der Waals surface area contributed by atoms with E-state index in [-0.39, 0.29) is 5.91 Å². The second kappa shape index (κ2) is 8.53. The molecular formula is C13H25NO6. The summed E-state index contributed by atoms with van der Waals surface area (Å²) in [6.45, 7) is 1.55. The standard InChI is InChI=1S/C13H25NO6/c1-2-3-4-5-6-9(16)14-10-12(18)11(17)8(7-15)20-13(10)19/h8,10-13,15,17-19H,2-7H2,1H3,(H,14,16)/t8-,10-,11-,12-,13?/m1/s1. The molecule has 0 aliphatic carbocycles. The molecule has 5 N–H and O–H groups in total. The van der Waals surface area contributed by atoms with Crippen molar-refractivity contribution in [2.45, 2.75) is 69.7 Å². The molecule has 7 heteroatoms. The molecule has 1 aliphatic rings. The Hall–Kier alpha value is -0.730. The molecule has 1 rings (SSSR count). The molecule has 0 aromatic heterocycles. The van der Waals surface area contributed by atoms with Gasteiger partial charge < -0.3 is 30.5 Å². The molecule has 0 aromatic carbocycles. The van der Waals surface area contributed by atoms with E-state index in [9.17, 15) is 20.1 Å². The lowest BCUT2D eigenvalue weighted by Crippen LogP contribution is -2.64. The minimum Gasteiger partial charge on any atom is -0.394 e. The quantitative estimate of drug-likeness (QED) is 0.379. The zero-order chi connectivity index (χ0) is 15.1. The number of aliphatic hydroxyl groups excluding tert-OH is 4. The number of hydrogen-bond acceptors (Lipinski definition) is 6. The average Bonchev–Trinajstić information content (AvgIpc) is 2.43. The third-order valence-electron chi connectivity index (χ3n) is 3.49. The lowest BCUT2D eigenvalue weighted by molar-refractivity contribution is -0.253. The van der Waals surface area contributed by atoms with Gasteiger partial charge in [0, 0.05) is 6.42 Å². The van der Waals surface area contributed by atoms with E-state index in [4.69, 9.17) is 9.84 Å². The number of rotatable bonds is 7. The smallest absolute Gasteiger partial charge is 0.220 e. The Labute approximate surface area is 118 Å². The zero-order valence-corrected chi connectivity index (χ0v) is 11.7. The molecule has 1 unspecified atom stereocenters. The molecule has 118 valence electrons. The number of nitrogens with one attached hydrogen (secondary N) is 1. The summed E-state index contributed by atoms with van der Waals surface area (Å²) < 4.78 is 4.96. The van der Waals surface area contributed by atoms with Crippen LogP contribution in [0.15, 0.2) is 0 Å². The third-order valence-corrected chi connectivity index (χ3v) is 3.49. The molecule has 20 heavy (non-hydrogen) atoms. The van der Waals surface area contributed by atoms with Crippen LogP contribution in [0.25, 0.3) is 0 Å². The van der Waals surface area contributed by atoms with Crippen LogP contribution in [0.3, 0.4) is 0 Å². The molecule has 1 amide bonds. The van der Waals surface area contributed by atoms with Crippen molar-refractivity contribution >= 4 is 5.91 Å². The fourth-order valence-electron chi connectivity index (χ4n) is 2.22. The molecule has 1 heterocycles. The zero-order valence-electron chi connectivity index (χ0n) is 11.7. The fraction of sp³-hybridized carbons (Fsp3) is 0.923. The second-order valence-electron chi connectivity index (χ2n) is 5.13. The van der Waals surface area contributed by atoms with Crippen molar-refractivity contribution in [1.29, 1.82) is 0 Å². The number of amides is 1. The topological polar surface area (TPSA) is 119 Å². The van der Waals surface area contributed by atoms with E-state index < -0.39 is 37.3 Å². The molecule has 1 aliphatic heterocycles. The SMILES string of the molecule is CCCCCCC(=O)N[C@H]1C(O)O[C@H](CO)[C@@H](O)[C@@H]1O. The van der Waals surface area contributed by atoms with Crippen molar-refractivity contribution in [3.8, 4) is 0 Å². The lowest BCUT2D eigenvalue weighted by Gasteiger charge is -2.40. The van der Waals surface area contributed by atoms with Crippen LogP contribution < -0.4 is 5.32 Å². The van der Waals surface area contributed by atoms with Crippen LogP contribution in [0.4, 0.5) is 0 Å². The van der Waals surface area contributed by atoms with Gasteiger partial charge >= 0.3 is 0 Å². The molecule has 1 saturated heterocycles. The van der Waals surface area contributed by atoms with Gasteiger partial charge in [-0.15, -0.1) is 0 Å². The summed E-state index contributed by atoms with van der Waals surface area (Å²) in [5, 5.41) is 40.6. The van der Waals surface area contributed by atoms with Crippen molar-refractivity contribution in [1.82, 2.24) is 5.32 Å². The summed E-state index contributed by atoms with van der Waals surface area (Å²) in [7, 11) is 0. The summed E-state index contributed by atoms with van der Waals surface area (Å²) in [5.74, 6) is -0.303. The molecule has 5 atom stereocenters. The van der Waals surface area contributed by atoms with Gasteiger partial charge in [0.15, 0.2) is 6.29 Å². The maximum atomic E-state index is 11.7. The summed E-state index contributed by atoms with van der Waals surface area (Å²) >= 11 is 0. The van der Waals surface area contributed by atoms with Crippen LogP contribution >= 0.6 is 0 Å². The Morgan fingerprint density at radius 1 is 1.15 bits per heavy atom. The first-order valence-electron chi connectivity index (χ1n) is 7.11. The van der Waals surface area contributed by atoms with Crippen molar-refractivity contribution < 1.29 is 30.0 Å². The van der Waals surface area contributed by atoms with Crippen LogP contribution in [0.1, 0.15) is 39.0 Å². The number of ether oxygens (including phenoxy) is 1. The van der Waals surface area contributed by atoms with Gasteiger partial charge in [0.1, 0.15) is 24.4 Å². The Bertz CT molecular complexity index is 301. The molecule has 0 radical (unpaired) electrons. The van der Waals surface area contributed by atoms with Gasteiger partial charge in [0.05, 0.1) is 6.61 Å². The van der Waals surface area contributed by atoms with Gasteiger partial charge in [-0.2, -0.15) is 0 Å². The fourth-order valence-corrected chi connectivity index (χ4v) is 2.22.